The summed E-state index contributed by atoms with van der Waals surface area (Å²) in [5.74, 6) is 0.533. The molecule has 0 aliphatic heterocycles. The van der Waals surface area contributed by atoms with Crippen molar-refractivity contribution in [3.63, 3.8) is 0 Å². The SMILES string of the molecule is CN(c1ccc(Br)cc1)c1ccc(OCF)cc1. The highest BCUT2D eigenvalue weighted by Gasteiger charge is 2.04. The fourth-order valence-electron chi connectivity index (χ4n) is 1.64. The van der Waals surface area contributed by atoms with Crippen LogP contribution in [0.4, 0.5) is 15.8 Å². The fraction of sp³-hybridized carbons (Fsp3) is 0.143. The van der Waals surface area contributed by atoms with Crippen LogP contribution in [0.15, 0.2) is 53.0 Å². The molecule has 0 atom stereocenters. The van der Waals surface area contributed by atoms with Crippen molar-refractivity contribution in [3.05, 3.63) is 53.0 Å². The van der Waals surface area contributed by atoms with Crippen LogP contribution in [0.5, 0.6) is 5.75 Å². The quantitative estimate of drug-likeness (QED) is 0.823. The summed E-state index contributed by atoms with van der Waals surface area (Å²) in [5.41, 5.74) is 2.10. The van der Waals surface area contributed by atoms with Crippen LogP contribution in [0.1, 0.15) is 0 Å². The Kier molecular flexibility index (Phi) is 4.20. The van der Waals surface area contributed by atoms with Gasteiger partial charge >= 0.3 is 0 Å². The smallest absolute Gasteiger partial charge is 0.228 e. The molecule has 0 amide bonds. The van der Waals surface area contributed by atoms with E-state index in [1.807, 2.05) is 48.3 Å². The third-order valence-electron chi connectivity index (χ3n) is 2.66. The van der Waals surface area contributed by atoms with Gasteiger partial charge in [-0.1, -0.05) is 15.9 Å². The molecule has 94 valence electrons. The van der Waals surface area contributed by atoms with Gasteiger partial charge in [0, 0.05) is 22.9 Å². The van der Waals surface area contributed by atoms with Crippen LogP contribution in [0.2, 0.25) is 0 Å². The molecule has 0 bridgehead atoms. The minimum absolute atomic E-state index is 0.533. The molecular weight excluding hydrogens is 297 g/mol. The van der Waals surface area contributed by atoms with E-state index in [0.717, 1.165) is 15.8 Å². The van der Waals surface area contributed by atoms with Gasteiger partial charge in [-0.05, 0) is 48.5 Å². The molecule has 0 radical (unpaired) electrons. The second-order valence-corrected chi connectivity index (χ2v) is 4.70. The predicted molar refractivity (Wildman–Crippen MR) is 75.3 cm³/mol. The van der Waals surface area contributed by atoms with Gasteiger partial charge < -0.3 is 9.64 Å². The van der Waals surface area contributed by atoms with Crippen LogP contribution in [-0.2, 0) is 0 Å². The summed E-state index contributed by atoms with van der Waals surface area (Å²) >= 11 is 3.41. The largest absolute Gasteiger partial charge is 0.463 e. The van der Waals surface area contributed by atoms with Gasteiger partial charge in [0.1, 0.15) is 5.75 Å². The molecule has 0 fully saturated rings. The summed E-state index contributed by atoms with van der Waals surface area (Å²) in [7, 11) is 1.98. The standard InChI is InChI=1S/C14H13BrFNO/c1-17(12-4-2-11(15)3-5-12)13-6-8-14(9-7-13)18-10-16/h2-9H,10H2,1H3. The lowest BCUT2D eigenvalue weighted by Gasteiger charge is -2.19. The molecule has 0 saturated carbocycles. The number of alkyl halides is 1. The first-order chi connectivity index (χ1) is 8.70. The maximum absolute atomic E-state index is 12.0. The number of halogens is 2. The highest BCUT2D eigenvalue weighted by molar-refractivity contribution is 9.10. The molecule has 0 unspecified atom stereocenters. The molecule has 0 aliphatic carbocycles. The number of ether oxygens (including phenoxy) is 1. The van der Waals surface area contributed by atoms with Crippen molar-refractivity contribution in [2.24, 2.45) is 0 Å². The van der Waals surface area contributed by atoms with E-state index in [9.17, 15) is 4.39 Å². The average Bonchev–Trinajstić information content (AvgIpc) is 2.40. The van der Waals surface area contributed by atoms with E-state index < -0.39 is 6.86 Å². The van der Waals surface area contributed by atoms with Crippen LogP contribution in [0.3, 0.4) is 0 Å². The summed E-state index contributed by atoms with van der Waals surface area (Å²) in [4.78, 5) is 2.05. The molecule has 0 saturated heterocycles. The summed E-state index contributed by atoms with van der Waals surface area (Å²) in [5, 5.41) is 0. The van der Waals surface area contributed by atoms with Gasteiger partial charge in [-0.15, -0.1) is 0 Å². The molecule has 2 nitrogen and oxygen atoms in total. The summed E-state index contributed by atoms with van der Waals surface area (Å²) in [6.07, 6.45) is 0. The highest BCUT2D eigenvalue weighted by atomic mass is 79.9. The third-order valence-corrected chi connectivity index (χ3v) is 3.19. The molecule has 0 aliphatic rings. The van der Waals surface area contributed by atoms with Crippen molar-refractivity contribution in [2.75, 3.05) is 18.8 Å². The minimum Gasteiger partial charge on any atom is -0.463 e. The van der Waals surface area contributed by atoms with Gasteiger partial charge in [0.05, 0.1) is 0 Å². The number of rotatable bonds is 4. The first kappa shape index (κ1) is 12.9. The van der Waals surface area contributed by atoms with Crippen molar-refractivity contribution in [3.8, 4) is 5.75 Å². The number of hydrogen-bond donors (Lipinski definition) is 0. The molecule has 2 aromatic carbocycles. The molecule has 2 aromatic rings. The van der Waals surface area contributed by atoms with Gasteiger partial charge in [-0.2, -0.15) is 0 Å². The number of benzene rings is 2. The highest BCUT2D eigenvalue weighted by Crippen LogP contribution is 2.26. The Balaban J connectivity index is 2.17. The van der Waals surface area contributed by atoms with Crippen molar-refractivity contribution in [1.82, 2.24) is 0 Å². The van der Waals surface area contributed by atoms with Crippen LogP contribution >= 0.6 is 15.9 Å². The van der Waals surface area contributed by atoms with Crippen molar-refractivity contribution >= 4 is 27.3 Å². The second kappa shape index (κ2) is 5.87. The van der Waals surface area contributed by atoms with Gasteiger partial charge in [0.15, 0.2) is 0 Å². The normalized spacial score (nSPS) is 10.2. The van der Waals surface area contributed by atoms with Crippen molar-refractivity contribution < 1.29 is 9.13 Å². The van der Waals surface area contributed by atoms with Crippen LogP contribution < -0.4 is 9.64 Å². The van der Waals surface area contributed by atoms with E-state index in [0.29, 0.717) is 5.75 Å². The molecule has 18 heavy (non-hydrogen) atoms. The third kappa shape index (κ3) is 3.01. The zero-order valence-corrected chi connectivity index (χ0v) is 11.5. The summed E-state index contributed by atoms with van der Waals surface area (Å²) in [6, 6.07) is 15.3. The fourth-order valence-corrected chi connectivity index (χ4v) is 1.91. The van der Waals surface area contributed by atoms with Crippen LogP contribution in [0, 0.1) is 0 Å². The monoisotopic (exact) mass is 309 g/mol. The maximum Gasteiger partial charge on any atom is 0.228 e. The van der Waals surface area contributed by atoms with Gasteiger partial charge in [0.25, 0.3) is 0 Å². The van der Waals surface area contributed by atoms with Gasteiger partial charge in [-0.3, -0.25) is 0 Å². The minimum atomic E-state index is -0.804. The average molecular weight is 310 g/mol. The first-order valence-corrected chi connectivity index (χ1v) is 6.28. The summed E-state index contributed by atoms with van der Waals surface area (Å²) < 4.78 is 17.8. The Morgan fingerprint density at radius 3 is 2.00 bits per heavy atom. The predicted octanol–water partition coefficient (Wildman–Crippen LogP) is 4.52. The number of nitrogens with zero attached hydrogens (tertiary/aromatic N) is 1. The molecule has 0 aromatic heterocycles. The van der Waals surface area contributed by atoms with Gasteiger partial charge in [0.2, 0.25) is 6.86 Å². The van der Waals surface area contributed by atoms with Crippen molar-refractivity contribution in [2.45, 2.75) is 0 Å². The molecule has 0 spiro atoms. The lowest BCUT2D eigenvalue weighted by atomic mass is 10.2. The van der Waals surface area contributed by atoms with E-state index in [1.54, 1.807) is 12.1 Å². The Hall–Kier alpha value is -1.55. The van der Waals surface area contributed by atoms with E-state index in [1.165, 1.54) is 0 Å². The Labute approximate surface area is 114 Å². The van der Waals surface area contributed by atoms with Gasteiger partial charge in [-0.25, -0.2) is 4.39 Å². The molecular formula is C14H13BrFNO. The zero-order chi connectivity index (χ0) is 13.0. The van der Waals surface area contributed by atoms with E-state index in [2.05, 4.69) is 15.9 Å². The van der Waals surface area contributed by atoms with Crippen molar-refractivity contribution in [1.29, 1.82) is 0 Å². The maximum atomic E-state index is 12.0. The second-order valence-electron chi connectivity index (χ2n) is 3.78. The molecule has 0 heterocycles. The van der Waals surface area contributed by atoms with E-state index >= 15 is 0 Å². The lowest BCUT2D eigenvalue weighted by Crippen LogP contribution is -2.08. The first-order valence-electron chi connectivity index (χ1n) is 5.49. The van der Waals surface area contributed by atoms with Crippen LogP contribution in [-0.4, -0.2) is 13.9 Å². The molecule has 2 rings (SSSR count). The lowest BCUT2D eigenvalue weighted by molar-refractivity contribution is 0.192. The molecule has 0 N–H and O–H groups in total. The Morgan fingerprint density at radius 1 is 1.00 bits per heavy atom. The Morgan fingerprint density at radius 2 is 1.50 bits per heavy atom. The van der Waals surface area contributed by atoms with E-state index in [4.69, 9.17) is 4.74 Å². The van der Waals surface area contributed by atoms with Crippen LogP contribution in [0.25, 0.3) is 0 Å². The molecule has 4 heteroatoms. The summed E-state index contributed by atoms with van der Waals surface area (Å²) in [6.45, 7) is -0.804. The van der Waals surface area contributed by atoms with E-state index in [-0.39, 0.29) is 0 Å². The topological polar surface area (TPSA) is 12.5 Å². The number of anilines is 2. The zero-order valence-electron chi connectivity index (χ0n) is 9.94. The Bertz CT molecular complexity index is 498. The number of hydrogen-bond acceptors (Lipinski definition) is 2.